The number of aromatic carboxylic acids is 1. The lowest BCUT2D eigenvalue weighted by Crippen LogP contribution is -2.27. The number of nitrogens with zero attached hydrogens (tertiary/aromatic N) is 2. The van der Waals surface area contributed by atoms with Gasteiger partial charge in [-0.05, 0) is 30.7 Å². The molecule has 2 rings (SSSR count). The minimum atomic E-state index is -1.10. The van der Waals surface area contributed by atoms with Crippen molar-refractivity contribution in [3.8, 4) is 0 Å². The fourth-order valence-corrected chi connectivity index (χ4v) is 2.02. The summed E-state index contributed by atoms with van der Waals surface area (Å²) in [6.07, 6.45) is 0. The number of benzene rings is 2. The van der Waals surface area contributed by atoms with E-state index in [1.807, 2.05) is 0 Å². The van der Waals surface area contributed by atoms with E-state index in [2.05, 4.69) is 0 Å². The van der Waals surface area contributed by atoms with Crippen molar-refractivity contribution >= 4 is 23.0 Å². The van der Waals surface area contributed by atoms with Gasteiger partial charge in [0.15, 0.2) is 0 Å². The molecule has 0 saturated carbocycles. The molecule has 0 aliphatic rings. The molecule has 2 aromatic rings. The molecule has 108 valence electrons. The number of anilines is 2. The van der Waals surface area contributed by atoms with Gasteiger partial charge < -0.3 is 5.11 Å². The van der Waals surface area contributed by atoms with Gasteiger partial charge in [0.05, 0.1) is 21.9 Å². The van der Waals surface area contributed by atoms with E-state index in [0.29, 0.717) is 16.9 Å². The van der Waals surface area contributed by atoms with Crippen LogP contribution in [0.25, 0.3) is 0 Å². The molecule has 0 bridgehead atoms. The fraction of sp³-hybridized carbons (Fsp3) is 0.0714. The molecule has 0 radical (unpaired) electrons. The third-order valence-corrected chi connectivity index (χ3v) is 3.04. The number of hydrazine groups is 1. The average Bonchev–Trinajstić information content (AvgIpc) is 2.46. The van der Waals surface area contributed by atoms with E-state index in [-0.39, 0.29) is 11.3 Å². The van der Waals surface area contributed by atoms with Crippen LogP contribution in [-0.4, -0.2) is 16.0 Å². The molecule has 0 fully saturated rings. The number of carboxylic acid groups (broad SMARTS) is 1. The van der Waals surface area contributed by atoms with Gasteiger partial charge in [0, 0.05) is 12.1 Å². The van der Waals surface area contributed by atoms with E-state index in [1.54, 1.807) is 25.1 Å². The highest BCUT2D eigenvalue weighted by atomic mass is 16.6. The highest BCUT2D eigenvalue weighted by molar-refractivity contribution is 5.95. The smallest absolute Gasteiger partial charge is 0.337 e. The monoisotopic (exact) mass is 287 g/mol. The largest absolute Gasteiger partial charge is 0.478 e. The topological polar surface area (TPSA) is 110 Å². The van der Waals surface area contributed by atoms with Gasteiger partial charge in [-0.3, -0.25) is 15.1 Å². The standard InChI is InChI=1S/C14H13N3O4/c1-9-8-10(17(20)21)6-7-12(9)16(15)13-5-3-2-4-11(13)14(18)19/h2-8H,15H2,1H3,(H,18,19). The molecule has 2 aromatic carbocycles. The first-order valence-electron chi connectivity index (χ1n) is 6.04. The van der Waals surface area contributed by atoms with E-state index >= 15 is 0 Å². The van der Waals surface area contributed by atoms with Gasteiger partial charge in [0.1, 0.15) is 0 Å². The molecular weight excluding hydrogens is 274 g/mol. The first-order valence-corrected chi connectivity index (χ1v) is 6.04. The maximum absolute atomic E-state index is 11.2. The predicted octanol–water partition coefficient (Wildman–Crippen LogP) is 2.61. The Balaban J connectivity index is 2.48. The van der Waals surface area contributed by atoms with Crippen molar-refractivity contribution in [2.45, 2.75) is 6.92 Å². The Morgan fingerprint density at radius 2 is 1.90 bits per heavy atom. The summed E-state index contributed by atoms with van der Waals surface area (Å²) in [5.74, 6) is 4.89. The van der Waals surface area contributed by atoms with E-state index in [9.17, 15) is 20.0 Å². The molecule has 0 heterocycles. The highest BCUT2D eigenvalue weighted by Crippen LogP contribution is 2.30. The highest BCUT2D eigenvalue weighted by Gasteiger charge is 2.17. The van der Waals surface area contributed by atoms with E-state index in [1.165, 1.54) is 29.3 Å². The van der Waals surface area contributed by atoms with Crippen LogP contribution in [0.1, 0.15) is 15.9 Å². The quantitative estimate of drug-likeness (QED) is 0.508. The number of hydrogen-bond acceptors (Lipinski definition) is 5. The first kappa shape index (κ1) is 14.5. The maximum atomic E-state index is 11.2. The Morgan fingerprint density at radius 1 is 1.24 bits per heavy atom. The van der Waals surface area contributed by atoms with Crippen molar-refractivity contribution in [2.24, 2.45) is 5.84 Å². The molecule has 0 spiro atoms. The summed E-state index contributed by atoms with van der Waals surface area (Å²) in [6, 6.07) is 10.5. The Bertz CT molecular complexity index is 715. The summed E-state index contributed by atoms with van der Waals surface area (Å²) in [5, 5.41) is 21.1. The Morgan fingerprint density at radius 3 is 2.48 bits per heavy atom. The van der Waals surface area contributed by atoms with Crippen LogP contribution in [-0.2, 0) is 0 Å². The summed E-state index contributed by atoms with van der Waals surface area (Å²) in [7, 11) is 0. The summed E-state index contributed by atoms with van der Waals surface area (Å²) >= 11 is 0. The minimum Gasteiger partial charge on any atom is -0.478 e. The SMILES string of the molecule is Cc1cc([N+](=O)[O-])ccc1N(N)c1ccccc1C(=O)O. The van der Waals surface area contributed by atoms with Gasteiger partial charge in [-0.1, -0.05) is 12.1 Å². The van der Waals surface area contributed by atoms with Crippen molar-refractivity contribution in [3.63, 3.8) is 0 Å². The molecule has 0 aliphatic carbocycles. The molecular formula is C14H13N3O4. The van der Waals surface area contributed by atoms with Crippen LogP contribution in [0.5, 0.6) is 0 Å². The van der Waals surface area contributed by atoms with Crippen molar-refractivity contribution in [2.75, 3.05) is 5.01 Å². The lowest BCUT2D eigenvalue weighted by molar-refractivity contribution is -0.384. The second-order valence-corrected chi connectivity index (χ2v) is 4.42. The van der Waals surface area contributed by atoms with Gasteiger partial charge in [0.2, 0.25) is 0 Å². The zero-order valence-corrected chi connectivity index (χ0v) is 11.2. The normalized spacial score (nSPS) is 10.2. The fourth-order valence-electron chi connectivity index (χ4n) is 2.02. The number of para-hydroxylation sites is 1. The van der Waals surface area contributed by atoms with Crippen LogP contribution in [0.3, 0.4) is 0 Å². The van der Waals surface area contributed by atoms with Gasteiger partial charge in [-0.2, -0.15) is 0 Å². The number of nitrogens with two attached hydrogens (primary N) is 1. The van der Waals surface area contributed by atoms with Crippen molar-refractivity contribution in [1.29, 1.82) is 0 Å². The molecule has 0 unspecified atom stereocenters. The van der Waals surface area contributed by atoms with Crippen LogP contribution in [0.2, 0.25) is 0 Å². The second-order valence-electron chi connectivity index (χ2n) is 4.42. The van der Waals surface area contributed by atoms with Crippen molar-refractivity contribution in [3.05, 3.63) is 63.7 Å². The number of nitro groups is 1. The number of rotatable bonds is 4. The zero-order chi connectivity index (χ0) is 15.6. The molecule has 0 atom stereocenters. The Labute approximate surface area is 120 Å². The maximum Gasteiger partial charge on any atom is 0.337 e. The molecule has 21 heavy (non-hydrogen) atoms. The lowest BCUT2D eigenvalue weighted by atomic mass is 10.1. The number of carboxylic acids is 1. The van der Waals surface area contributed by atoms with Crippen molar-refractivity contribution in [1.82, 2.24) is 0 Å². The van der Waals surface area contributed by atoms with Crippen LogP contribution >= 0.6 is 0 Å². The van der Waals surface area contributed by atoms with Crippen molar-refractivity contribution < 1.29 is 14.8 Å². The van der Waals surface area contributed by atoms with E-state index in [4.69, 9.17) is 5.84 Å². The molecule has 0 aliphatic heterocycles. The Kier molecular flexibility index (Phi) is 3.86. The van der Waals surface area contributed by atoms with Gasteiger partial charge in [-0.25, -0.2) is 10.6 Å². The first-order chi connectivity index (χ1) is 9.91. The van der Waals surface area contributed by atoms with Gasteiger partial charge in [0.25, 0.3) is 5.69 Å². The summed E-state index contributed by atoms with van der Waals surface area (Å²) < 4.78 is 0. The summed E-state index contributed by atoms with van der Waals surface area (Å²) in [4.78, 5) is 21.4. The molecule has 7 nitrogen and oxygen atoms in total. The zero-order valence-electron chi connectivity index (χ0n) is 11.2. The number of nitro benzene ring substituents is 1. The van der Waals surface area contributed by atoms with Gasteiger partial charge in [-0.15, -0.1) is 0 Å². The van der Waals surface area contributed by atoms with Crippen LogP contribution in [0.4, 0.5) is 17.1 Å². The van der Waals surface area contributed by atoms with E-state index < -0.39 is 10.9 Å². The predicted molar refractivity (Wildman–Crippen MR) is 77.6 cm³/mol. The lowest BCUT2D eigenvalue weighted by Gasteiger charge is -2.22. The number of aryl methyl sites for hydroxylation is 1. The third kappa shape index (κ3) is 2.82. The summed E-state index contributed by atoms with van der Waals surface area (Å²) in [6.45, 7) is 1.67. The third-order valence-electron chi connectivity index (χ3n) is 3.04. The second kappa shape index (κ2) is 5.59. The Hall–Kier alpha value is -2.93. The summed E-state index contributed by atoms with van der Waals surface area (Å²) in [5.41, 5.74) is 1.39. The van der Waals surface area contributed by atoms with Gasteiger partial charge >= 0.3 is 5.97 Å². The minimum absolute atomic E-state index is 0.0452. The average molecular weight is 287 g/mol. The number of hydrogen-bond donors (Lipinski definition) is 2. The molecule has 7 heteroatoms. The molecule has 0 amide bonds. The molecule has 0 saturated heterocycles. The number of carbonyl (C=O) groups is 1. The van der Waals surface area contributed by atoms with Crippen LogP contribution < -0.4 is 10.9 Å². The molecule has 3 N–H and O–H groups in total. The molecule has 0 aromatic heterocycles. The number of non-ortho nitro benzene ring substituents is 1. The van der Waals surface area contributed by atoms with Crippen LogP contribution in [0.15, 0.2) is 42.5 Å². The van der Waals surface area contributed by atoms with Crippen LogP contribution in [0, 0.1) is 17.0 Å². The van der Waals surface area contributed by atoms with E-state index in [0.717, 1.165) is 0 Å².